The molecule has 0 aromatic heterocycles. The van der Waals surface area contributed by atoms with Crippen LogP contribution in [0.25, 0.3) is 0 Å². The van der Waals surface area contributed by atoms with Crippen LogP contribution in [0.15, 0.2) is 11.6 Å². The highest BCUT2D eigenvalue weighted by Gasteiger charge is 2.00. The van der Waals surface area contributed by atoms with Gasteiger partial charge in [-0.1, -0.05) is 11.6 Å². The fraction of sp³-hybridized carbons (Fsp3) is 0.333. The molecule has 3 nitrogen and oxygen atoms in total. The van der Waals surface area contributed by atoms with Gasteiger partial charge in [-0.05, 0) is 6.08 Å². The van der Waals surface area contributed by atoms with Crippen molar-refractivity contribution < 1.29 is 12.6 Å². The van der Waals surface area contributed by atoms with E-state index in [-0.39, 0.29) is 6.61 Å². The molecule has 54 valence electrons. The fourth-order valence-corrected chi connectivity index (χ4v) is 0.625. The second-order valence-corrected chi connectivity index (χ2v) is 3.45. The van der Waals surface area contributed by atoms with Crippen LogP contribution < -0.4 is 0 Å². The molecular weight excluding hydrogens is 187 g/mol. The van der Waals surface area contributed by atoms with Gasteiger partial charge >= 0.3 is 9.33 Å². The molecule has 0 spiro atoms. The minimum atomic E-state index is -3.83. The Morgan fingerprint density at radius 3 is 2.44 bits per heavy atom. The van der Waals surface area contributed by atoms with Crippen LogP contribution in [0.4, 0.5) is 0 Å². The van der Waals surface area contributed by atoms with Gasteiger partial charge in [-0.25, -0.2) is 0 Å². The van der Waals surface area contributed by atoms with E-state index in [1.165, 1.54) is 6.08 Å². The Balaban J connectivity index is 3.53. The summed E-state index contributed by atoms with van der Waals surface area (Å²) in [6.45, 7) is -0.130. The highest BCUT2D eigenvalue weighted by molar-refractivity contribution is 8.09. The first-order valence-electron chi connectivity index (χ1n) is 1.90. The topological polar surface area (TPSA) is 43.4 Å². The van der Waals surface area contributed by atoms with Crippen LogP contribution in [0.2, 0.25) is 0 Å². The predicted molar refractivity (Wildman–Crippen MR) is 35.7 cm³/mol. The molecule has 6 heteroatoms. The third kappa shape index (κ3) is 8.23. The maximum atomic E-state index is 9.97. The lowest BCUT2D eigenvalue weighted by Gasteiger charge is -1.89. The van der Waals surface area contributed by atoms with Gasteiger partial charge in [0.2, 0.25) is 0 Å². The largest absolute Gasteiger partial charge is 0.355 e. The van der Waals surface area contributed by atoms with E-state index in [1.807, 2.05) is 0 Å². The Kier molecular flexibility index (Phi) is 4.22. The highest BCUT2D eigenvalue weighted by atomic mass is 35.7. The monoisotopic (exact) mass is 190 g/mol. The zero-order valence-electron chi connectivity index (χ0n) is 4.25. The molecule has 0 aliphatic carbocycles. The molecule has 0 amide bonds. The molecule has 0 saturated carbocycles. The summed E-state index contributed by atoms with van der Waals surface area (Å²) in [6, 6.07) is 0. The van der Waals surface area contributed by atoms with Gasteiger partial charge in [0.1, 0.15) is 0 Å². The van der Waals surface area contributed by atoms with Crippen LogP contribution in [-0.2, 0) is 13.5 Å². The van der Waals surface area contributed by atoms with Crippen molar-refractivity contribution in [3.63, 3.8) is 0 Å². The standard InChI is InChI=1S/C3H4Cl2O3S/c4-2-1-3-8-9(5,6)7/h1-2H,3H2. The molecule has 0 bridgehead atoms. The molecular formula is C3H4Cl2O3S. The lowest BCUT2D eigenvalue weighted by molar-refractivity contribution is 0.369. The van der Waals surface area contributed by atoms with Crippen LogP contribution in [0, 0.1) is 0 Å². The molecule has 0 aliphatic rings. The minimum Gasteiger partial charge on any atom is -0.254 e. The Morgan fingerprint density at radius 1 is 1.56 bits per heavy atom. The molecule has 0 rings (SSSR count). The maximum absolute atomic E-state index is 9.97. The van der Waals surface area contributed by atoms with Crippen molar-refractivity contribution >= 4 is 31.6 Å². The molecule has 0 aromatic rings. The highest BCUT2D eigenvalue weighted by Crippen LogP contribution is 1.97. The molecule has 0 aromatic carbocycles. The average molecular weight is 191 g/mol. The van der Waals surface area contributed by atoms with Gasteiger partial charge in [0.15, 0.2) is 0 Å². The molecule has 0 aliphatic heterocycles. The summed E-state index contributed by atoms with van der Waals surface area (Å²) < 4.78 is 24.0. The number of hydrogen-bond donors (Lipinski definition) is 0. The van der Waals surface area contributed by atoms with E-state index in [2.05, 4.69) is 14.9 Å². The van der Waals surface area contributed by atoms with Crippen LogP contribution in [0.5, 0.6) is 0 Å². The van der Waals surface area contributed by atoms with E-state index in [0.717, 1.165) is 5.54 Å². The molecule has 9 heavy (non-hydrogen) atoms. The molecule has 0 N–H and O–H groups in total. The van der Waals surface area contributed by atoms with E-state index < -0.39 is 9.33 Å². The molecule has 0 fully saturated rings. The van der Waals surface area contributed by atoms with Gasteiger partial charge in [0.05, 0.1) is 6.61 Å². The van der Waals surface area contributed by atoms with Gasteiger partial charge < -0.3 is 0 Å². The van der Waals surface area contributed by atoms with Crippen molar-refractivity contribution in [1.29, 1.82) is 0 Å². The van der Waals surface area contributed by atoms with Gasteiger partial charge in [0.25, 0.3) is 0 Å². The van der Waals surface area contributed by atoms with Crippen LogP contribution in [0.1, 0.15) is 0 Å². The lowest BCUT2D eigenvalue weighted by Crippen LogP contribution is -1.95. The summed E-state index contributed by atoms with van der Waals surface area (Å²) in [6.07, 6.45) is 1.31. The zero-order chi connectivity index (χ0) is 7.33. The van der Waals surface area contributed by atoms with E-state index in [4.69, 9.17) is 11.6 Å². The molecule has 0 radical (unpaired) electrons. The van der Waals surface area contributed by atoms with Crippen molar-refractivity contribution in [2.24, 2.45) is 0 Å². The number of rotatable bonds is 3. The number of hydrogen-bond acceptors (Lipinski definition) is 3. The van der Waals surface area contributed by atoms with Gasteiger partial charge in [-0.15, -0.1) is 0 Å². The van der Waals surface area contributed by atoms with E-state index in [1.54, 1.807) is 0 Å². The normalized spacial score (nSPS) is 12.7. The van der Waals surface area contributed by atoms with Crippen molar-refractivity contribution in [1.82, 2.24) is 0 Å². The van der Waals surface area contributed by atoms with Crippen molar-refractivity contribution in [2.75, 3.05) is 6.61 Å². The van der Waals surface area contributed by atoms with Gasteiger partial charge in [-0.3, -0.25) is 4.18 Å². The van der Waals surface area contributed by atoms with Crippen molar-refractivity contribution in [2.45, 2.75) is 0 Å². The Morgan fingerprint density at radius 2 is 2.11 bits per heavy atom. The van der Waals surface area contributed by atoms with Crippen LogP contribution in [0.3, 0.4) is 0 Å². The summed E-state index contributed by atoms with van der Waals surface area (Å²) in [7, 11) is 0.808. The van der Waals surface area contributed by atoms with E-state index >= 15 is 0 Å². The summed E-state index contributed by atoms with van der Waals surface area (Å²) in [4.78, 5) is 0. The third-order valence-corrected chi connectivity index (χ3v) is 1.26. The van der Waals surface area contributed by atoms with Crippen LogP contribution in [-0.4, -0.2) is 15.0 Å². The quantitative estimate of drug-likeness (QED) is 0.630. The van der Waals surface area contributed by atoms with Crippen molar-refractivity contribution in [3.05, 3.63) is 11.6 Å². The first kappa shape index (κ1) is 9.23. The van der Waals surface area contributed by atoms with Gasteiger partial charge in [0, 0.05) is 16.2 Å². The smallest absolute Gasteiger partial charge is 0.254 e. The summed E-state index contributed by atoms with van der Waals surface area (Å²) >= 11 is 5.03. The SMILES string of the molecule is O=S(=O)(Cl)OCC=CCl. The first-order valence-corrected chi connectivity index (χ1v) is 4.57. The number of halogens is 2. The minimum absolute atomic E-state index is 0.130. The summed E-state index contributed by atoms with van der Waals surface area (Å²) in [5, 5.41) is 0. The zero-order valence-corrected chi connectivity index (χ0v) is 6.58. The maximum Gasteiger partial charge on any atom is 0.355 e. The van der Waals surface area contributed by atoms with Crippen LogP contribution >= 0.6 is 22.3 Å². The van der Waals surface area contributed by atoms with Crippen molar-refractivity contribution in [3.8, 4) is 0 Å². The fourth-order valence-electron chi connectivity index (χ4n) is 0.157. The second kappa shape index (κ2) is 4.11. The molecule has 0 unspecified atom stereocenters. The summed E-state index contributed by atoms with van der Waals surface area (Å²) in [5.41, 5.74) is 1.14. The Labute approximate surface area is 62.8 Å². The molecule has 0 atom stereocenters. The average Bonchev–Trinajstić information content (AvgIpc) is 1.63. The predicted octanol–water partition coefficient (Wildman–Crippen LogP) is 1.24. The Hall–Kier alpha value is 0.230. The van der Waals surface area contributed by atoms with E-state index in [9.17, 15) is 8.42 Å². The first-order chi connectivity index (χ1) is 4.06. The molecule has 0 heterocycles. The molecule has 0 saturated heterocycles. The third-order valence-electron chi connectivity index (χ3n) is 0.394. The Bertz CT molecular complexity index is 183. The van der Waals surface area contributed by atoms with E-state index in [0.29, 0.717) is 0 Å². The lowest BCUT2D eigenvalue weighted by atomic mass is 10.7. The van der Waals surface area contributed by atoms with Gasteiger partial charge in [-0.2, -0.15) is 8.42 Å². The summed E-state index contributed by atoms with van der Waals surface area (Å²) in [5.74, 6) is 0. The second-order valence-electron chi connectivity index (χ2n) is 1.04.